The van der Waals surface area contributed by atoms with Crippen LogP contribution < -0.4 is 4.74 Å². The zero-order valence-electron chi connectivity index (χ0n) is 20.5. The number of H-pyrrole nitrogens is 1. The molecule has 1 aromatic heterocycles. The molecular weight excluding hydrogens is 434 g/mol. The van der Waals surface area contributed by atoms with Crippen LogP contribution in [0.2, 0.25) is 0 Å². The molecule has 0 spiro atoms. The number of nitrogens with one attached hydrogen (secondary N) is 1. The van der Waals surface area contributed by atoms with E-state index in [-0.39, 0.29) is 0 Å². The number of para-hydroxylation sites is 1. The van der Waals surface area contributed by atoms with Gasteiger partial charge in [-0.25, -0.2) is 0 Å². The maximum atomic E-state index is 6.34. The maximum absolute atomic E-state index is 6.34. The van der Waals surface area contributed by atoms with Gasteiger partial charge in [0.15, 0.2) is 0 Å². The summed E-state index contributed by atoms with van der Waals surface area (Å²) in [5.41, 5.74) is 4.82. The maximum Gasteiger partial charge on any atom is 0.204 e. The summed E-state index contributed by atoms with van der Waals surface area (Å²) < 4.78 is 6.34. The first-order valence-corrected chi connectivity index (χ1v) is 12.7. The van der Waals surface area contributed by atoms with Crippen molar-refractivity contribution in [2.24, 2.45) is 0 Å². The quantitative estimate of drug-likeness (QED) is 0.300. The Morgan fingerprint density at radius 2 is 1.74 bits per heavy atom. The van der Waals surface area contributed by atoms with Crippen LogP contribution in [-0.4, -0.2) is 44.7 Å². The van der Waals surface area contributed by atoms with Crippen LogP contribution in [0.4, 0.5) is 0 Å². The monoisotopic (exact) mass is 467 g/mol. The van der Waals surface area contributed by atoms with Gasteiger partial charge in [0.05, 0.1) is 0 Å². The summed E-state index contributed by atoms with van der Waals surface area (Å²) >= 11 is 0. The van der Waals surface area contributed by atoms with E-state index < -0.39 is 0 Å². The fourth-order valence-corrected chi connectivity index (χ4v) is 5.31. The normalized spacial score (nSPS) is 15.3. The Bertz CT molecular complexity index is 1230. The summed E-state index contributed by atoms with van der Waals surface area (Å²) in [6.07, 6.45) is 4.46. The molecule has 1 aliphatic heterocycles. The number of nitrogens with zero attached hydrogens (tertiary/aromatic N) is 4. The van der Waals surface area contributed by atoms with Gasteiger partial charge in [-0.1, -0.05) is 74.5 Å². The number of rotatable bonds is 10. The standard InChI is InChI=1S/C29H33N5O/c1-3-23(34(4-2)19-18-21-10-6-5-7-11-21)15-17-24-25-12-8-9-13-27(25)35-28-20-22(14-16-26(24)28)29-30-32-33-31-29/h5-14,16,20,23-24H,3-4,15,17-19H2,1-2H3,(H,30,31,32,33). The van der Waals surface area contributed by atoms with Crippen LogP contribution in [0.3, 0.4) is 0 Å². The van der Waals surface area contributed by atoms with Crippen molar-refractivity contribution in [2.45, 2.75) is 51.5 Å². The van der Waals surface area contributed by atoms with Gasteiger partial charge < -0.3 is 9.64 Å². The topological polar surface area (TPSA) is 66.9 Å². The Morgan fingerprint density at radius 1 is 0.943 bits per heavy atom. The van der Waals surface area contributed by atoms with E-state index in [1.54, 1.807) is 0 Å². The minimum absolute atomic E-state index is 0.302. The van der Waals surface area contributed by atoms with E-state index in [9.17, 15) is 0 Å². The van der Waals surface area contributed by atoms with E-state index in [1.807, 2.05) is 12.1 Å². The molecule has 0 fully saturated rings. The number of aromatic nitrogens is 4. The van der Waals surface area contributed by atoms with Crippen molar-refractivity contribution in [3.05, 3.63) is 89.5 Å². The minimum atomic E-state index is 0.302. The summed E-state index contributed by atoms with van der Waals surface area (Å²) in [5.74, 6) is 2.71. The lowest BCUT2D eigenvalue weighted by Crippen LogP contribution is -2.36. The van der Waals surface area contributed by atoms with E-state index in [1.165, 1.54) is 16.7 Å². The number of ether oxygens (including phenoxy) is 1. The predicted octanol–water partition coefficient (Wildman–Crippen LogP) is 6.23. The third-order valence-corrected chi connectivity index (χ3v) is 7.22. The second-order valence-corrected chi connectivity index (χ2v) is 9.18. The van der Waals surface area contributed by atoms with Gasteiger partial charge in [0.1, 0.15) is 11.5 Å². The average Bonchev–Trinajstić information content (AvgIpc) is 3.45. The van der Waals surface area contributed by atoms with Crippen LogP contribution in [0.25, 0.3) is 11.4 Å². The molecule has 2 heterocycles. The first kappa shape index (κ1) is 23.2. The van der Waals surface area contributed by atoms with E-state index in [4.69, 9.17) is 4.74 Å². The van der Waals surface area contributed by atoms with Crippen LogP contribution in [0.15, 0.2) is 72.8 Å². The van der Waals surface area contributed by atoms with Gasteiger partial charge in [-0.3, -0.25) is 0 Å². The number of tetrazole rings is 1. The molecule has 0 aliphatic carbocycles. The number of hydrogen-bond donors (Lipinski definition) is 1. The third-order valence-electron chi connectivity index (χ3n) is 7.22. The molecule has 180 valence electrons. The molecule has 5 rings (SSSR count). The first-order chi connectivity index (χ1) is 17.3. The van der Waals surface area contributed by atoms with E-state index in [0.29, 0.717) is 17.8 Å². The second kappa shape index (κ2) is 10.8. The molecule has 6 nitrogen and oxygen atoms in total. The molecule has 2 unspecified atom stereocenters. The van der Waals surface area contributed by atoms with Crippen LogP contribution in [0, 0.1) is 0 Å². The Labute approximate surface area is 207 Å². The van der Waals surface area contributed by atoms with Crippen molar-refractivity contribution < 1.29 is 4.74 Å². The summed E-state index contributed by atoms with van der Waals surface area (Å²) in [6, 6.07) is 26.1. The molecule has 4 aromatic rings. The van der Waals surface area contributed by atoms with Crippen molar-refractivity contribution in [3.63, 3.8) is 0 Å². The molecule has 3 aromatic carbocycles. The molecule has 1 N–H and O–H groups in total. The third kappa shape index (κ3) is 5.13. The van der Waals surface area contributed by atoms with Gasteiger partial charge in [0.2, 0.25) is 5.82 Å². The van der Waals surface area contributed by atoms with Crippen molar-refractivity contribution >= 4 is 0 Å². The van der Waals surface area contributed by atoms with Gasteiger partial charge in [-0.2, -0.15) is 5.21 Å². The zero-order chi connectivity index (χ0) is 24.0. The molecule has 35 heavy (non-hydrogen) atoms. The fraction of sp³-hybridized carbons (Fsp3) is 0.345. The SMILES string of the molecule is CCC(CCC1c2ccccc2Oc2cc(-c3nn[nH]n3)ccc21)N(CC)CCc1ccccc1. The van der Waals surface area contributed by atoms with Gasteiger partial charge in [-0.15, -0.1) is 10.2 Å². The number of hydrogen-bond acceptors (Lipinski definition) is 5. The molecule has 6 heteroatoms. The lowest BCUT2D eigenvalue weighted by Gasteiger charge is -2.33. The molecule has 0 amide bonds. The number of fused-ring (bicyclic) bond motifs is 2. The van der Waals surface area contributed by atoms with Gasteiger partial charge in [0.25, 0.3) is 0 Å². The van der Waals surface area contributed by atoms with Crippen LogP contribution >= 0.6 is 0 Å². The number of likely N-dealkylation sites (N-methyl/N-ethyl adjacent to an activating group) is 1. The van der Waals surface area contributed by atoms with E-state index >= 15 is 0 Å². The second-order valence-electron chi connectivity index (χ2n) is 9.18. The van der Waals surface area contributed by atoms with E-state index in [2.05, 4.69) is 100 Å². The molecule has 0 bridgehead atoms. The average molecular weight is 468 g/mol. The van der Waals surface area contributed by atoms with Gasteiger partial charge in [0, 0.05) is 35.2 Å². The molecule has 1 aliphatic rings. The first-order valence-electron chi connectivity index (χ1n) is 12.7. The summed E-state index contributed by atoms with van der Waals surface area (Å²) in [5, 5.41) is 14.5. The fourth-order valence-electron chi connectivity index (χ4n) is 5.31. The Hall–Kier alpha value is -3.51. The van der Waals surface area contributed by atoms with Crippen molar-refractivity contribution in [1.82, 2.24) is 25.5 Å². The highest BCUT2D eigenvalue weighted by Crippen LogP contribution is 2.47. The zero-order valence-corrected chi connectivity index (χ0v) is 20.5. The summed E-state index contributed by atoms with van der Waals surface area (Å²) in [7, 11) is 0. The van der Waals surface area contributed by atoms with Crippen LogP contribution in [-0.2, 0) is 6.42 Å². The highest BCUT2D eigenvalue weighted by atomic mass is 16.5. The van der Waals surface area contributed by atoms with E-state index in [0.717, 1.165) is 55.8 Å². The molecule has 0 saturated heterocycles. The molecular formula is C29H33N5O. The lowest BCUT2D eigenvalue weighted by molar-refractivity contribution is 0.188. The summed E-state index contributed by atoms with van der Waals surface area (Å²) in [6.45, 7) is 6.76. The highest BCUT2D eigenvalue weighted by molar-refractivity contribution is 5.63. The van der Waals surface area contributed by atoms with Crippen molar-refractivity contribution in [1.29, 1.82) is 0 Å². The molecule has 2 atom stereocenters. The number of aromatic amines is 1. The lowest BCUT2D eigenvalue weighted by atomic mass is 9.83. The van der Waals surface area contributed by atoms with Gasteiger partial charge in [-0.05, 0) is 55.1 Å². The largest absolute Gasteiger partial charge is 0.457 e. The smallest absolute Gasteiger partial charge is 0.204 e. The van der Waals surface area contributed by atoms with Crippen LogP contribution in [0.1, 0.15) is 55.7 Å². The Balaban J connectivity index is 1.35. The molecule has 0 saturated carbocycles. The summed E-state index contributed by atoms with van der Waals surface area (Å²) in [4.78, 5) is 2.65. The van der Waals surface area contributed by atoms with Crippen LogP contribution in [0.5, 0.6) is 11.5 Å². The number of benzene rings is 3. The van der Waals surface area contributed by atoms with Crippen molar-refractivity contribution in [2.75, 3.05) is 13.1 Å². The van der Waals surface area contributed by atoms with Gasteiger partial charge >= 0.3 is 0 Å². The molecule has 0 radical (unpaired) electrons. The highest BCUT2D eigenvalue weighted by Gasteiger charge is 2.29. The minimum Gasteiger partial charge on any atom is -0.457 e. The van der Waals surface area contributed by atoms with Crippen molar-refractivity contribution in [3.8, 4) is 22.9 Å². The predicted molar refractivity (Wildman–Crippen MR) is 139 cm³/mol. The Kier molecular flexibility index (Phi) is 7.19. The Morgan fingerprint density at radius 3 is 2.51 bits per heavy atom.